The van der Waals surface area contributed by atoms with Crippen molar-refractivity contribution in [2.24, 2.45) is 9.98 Å². The van der Waals surface area contributed by atoms with Crippen LogP contribution in [0.1, 0.15) is 58.3 Å². The largest absolute Gasteiger partial charge is 0.490 e. The second-order valence-corrected chi connectivity index (χ2v) is 15.8. The van der Waals surface area contributed by atoms with E-state index in [4.69, 9.17) is 19.2 Å². The molecule has 61 heavy (non-hydrogen) atoms. The first-order valence-electron chi connectivity index (χ1n) is 21.6. The molecule has 0 spiro atoms. The molecule has 3 fully saturated rings. The lowest BCUT2D eigenvalue weighted by atomic mass is 9.94. The van der Waals surface area contributed by atoms with Gasteiger partial charge in [-0.05, 0) is 119 Å². The number of ether oxygens (including phenoxy) is 3. The van der Waals surface area contributed by atoms with Crippen molar-refractivity contribution in [1.82, 2.24) is 34.3 Å². The van der Waals surface area contributed by atoms with Crippen molar-refractivity contribution < 1.29 is 28.9 Å². The number of rotatable bonds is 13. The Morgan fingerprint density at radius 1 is 0.738 bits per heavy atom. The van der Waals surface area contributed by atoms with Gasteiger partial charge in [-0.2, -0.15) is 0 Å². The van der Waals surface area contributed by atoms with E-state index in [-0.39, 0.29) is 18.2 Å². The summed E-state index contributed by atoms with van der Waals surface area (Å²) in [6.07, 6.45) is 19.2. The summed E-state index contributed by atoms with van der Waals surface area (Å²) in [5.41, 5.74) is 6.12. The molecule has 3 saturated heterocycles. The van der Waals surface area contributed by atoms with Gasteiger partial charge >= 0.3 is 0 Å². The van der Waals surface area contributed by atoms with Crippen LogP contribution >= 0.6 is 0 Å². The Morgan fingerprint density at radius 3 is 1.92 bits per heavy atom. The van der Waals surface area contributed by atoms with Crippen LogP contribution in [0.15, 0.2) is 106 Å². The van der Waals surface area contributed by atoms with E-state index in [9.17, 15) is 14.7 Å². The summed E-state index contributed by atoms with van der Waals surface area (Å²) in [6.45, 7) is 10.4. The number of aliphatic hydroxyl groups excluding tert-OH is 1. The van der Waals surface area contributed by atoms with E-state index in [0.717, 1.165) is 61.6 Å². The van der Waals surface area contributed by atoms with E-state index in [2.05, 4.69) is 30.3 Å². The zero-order chi connectivity index (χ0) is 42.0. The van der Waals surface area contributed by atoms with Gasteiger partial charge < -0.3 is 24.6 Å². The van der Waals surface area contributed by atoms with Crippen LogP contribution in [-0.2, 0) is 14.3 Å². The SMILES string of the molecule is CC1=CC(=Nc2c(OCCN3CCCCC3)nn3ccccc23)C(CCCO)=CC1=O.O=C1C=C2NCCOC2=CC1=Nc1c(OCCN2CCCCC2)nn2ccccc12. The Labute approximate surface area is 355 Å². The van der Waals surface area contributed by atoms with Gasteiger partial charge in [-0.3, -0.25) is 19.4 Å². The standard InChI is InChI=1S/C24H30N4O3.C22H25N5O3/c1-18-16-20(19(8-7-14-29)17-22(18)30)25-23-21-9-3-6-12-28(21)26-24(23)31-15-13-27-10-4-2-5-11-27;28-19-14-17-20(29-12-7-23-17)15-16(19)24-21-18-6-2-5-10-27(18)25-22(21)30-13-11-26-8-3-1-4-9-26/h3,6,9,12,16-17,29H,2,4-5,7-8,10-11,13-15H2,1H3;2,5-6,10,14-15,23H,1,3-4,7-9,11-13H2. The Morgan fingerprint density at radius 2 is 1.33 bits per heavy atom. The first-order valence-corrected chi connectivity index (χ1v) is 21.6. The molecule has 0 aromatic carbocycles. The molecule has 0 unspecified atom stereocenters. The molecule has 320 valence electrons. The predicted molar refractivity (Wildman–Crippen MR) is 234 cm³/mol. The summed E-state index contributed by atoms with van der Waals surface area (Å²) in [4.78, 5) is 39.2. The summed E-state index contributed by atoms with van der Waals surface area (Å²) in [5, 5.41) is 21.6. The van der Waals surface area contributed by atoms with E-state index in [1.807, 2.05) is 54.9 Å². The predicted octanol–water partition coefficient (Wildman–Crippen LogP) is 5.74. The maximum absolute atomic E-state index is 12.6. The number of morpholine rings is 1. The molecule has 2 aliphatic carbocycles. The van der Waals surface area contributed by atoms with Crippen LogP contribution in [0.5, 0.6) is 11.8 Å². The highest BCUT2D eigenvalue weighted by Gasteiger charge is 2.25. The molecule has 2 N–H and O–H groups in total. The number of aliphatic hydroxyl groups is 1. The number of allylic oxidation sites excluding steroid dienone is 6. The third-order valence-corrected chi connectivity index (χ3v) is 11.3. The molecule has 9 rings (SSSR count). The summed E-state index contributed by atoms with van der Waals surface area (Å²) >= 11 is 0. The molecule has 4 aromatic heterocycles. The lowest BCUT2D eigenvalue weighted by Gasteiger charge is -2.25. The van der Waals surface area contributed by atoms with Crippen molar-refractivity contribution in [3.63, 3.8) is 0 Å². The molecule has 0 amide bonds. The highest BCUT2D eigenvalue weighted by molar-refractivity contribution is 6.49. The minimum absolute atomic E-state index is 0.00948. The molecule has 3 aliphatic heterocycles. The van der Waals surface area contributed by atoms with Crippen LogP contribution < -0.4 is 14.8 Å². The third kappa shape index (κ3) is 10.4. The van der Waals surface area contributed by atoms with E-state index in [1.54, 1.807) is 28.1 Å². The first-order chi connectivity index (χ1) is 29.9. The average Bonchev–Trinajstić information content (AvgIpc) is 3.82. The van der Waals surface area contributed by atoms with E-state index in [0.29, 0.717) is 85.1 Å². The number of carbonyl (C=O) groups is 2. The summed E-state index contributed by atoms with van der Waals surface area (Å²) in [7, 11) is 0. The second-order valence-electron chi connectivity index (χ2n) is 15.8. The van der Waals surface area contributed by atoms with Crippen molar-refractivity contribution in [1.29, 1.82) is 0 Å². The molecule has 4 aromatic rings. The Bertz CT molecular complexity index is 2410. The number of aliphatic imine (C=N–C) groups is 2. The molecule has 0 radical (unpaired) electrons. The fraction of sp³-hybridized carbons (Fsp3) is 0.435. The van der Waals surface area contributed by atoms with Gasteiger partial charge in [0.25, 0.3) is 11.8 Å². The van der Waals surface area contributed by atoms with Gasteiger partial charge in [-0.15, -0.1) is 10.2 Å². The Kier molecular flexibility index (Phi) is 13.8. The molecule has 15 heteroatoms. The van der Waals surface area contributed by atoms with Crippen LogP contribution in [0, 0.1) is 0 Å². The lowest BCUT2D eigenvalue weighted by Crippen LogP contribution is -2.33. The fourth-order valence-corrected chi connectivity index (χ4v) is 8.01. The molecule has 0 bridgehead atoms. The molecular formula is C46H55N9O6. The monoisotopic (exact) mass is 829 g/mol. The van der Waals surface area contributed by atoms with E-state index < -0.39 is 0 Å². The van der Waals surface area contributed by atoms with Gasteiger partial charge in [0.15, 0.2) is 17.2 Å². The quantitative estimate of drug-likeness (QED) is 0.125. The molecular weight excluding hydrogens is 775 g/mol. The number of nitrogens with one attached hydrogen (secondary N) is 1. The topological polar surface area (TPSA) is 160 Å². The van der Waals surface area contributed by atoms with Crippen molar-refractivity contribution >= 4 is 45.4 Å². The van der Waals surface area contributed by atoms with Gasteiger partial charge in [-0.1, -0.05) is 25.0 Å². The molecule has 15 nitrogen and oxygen atoms in total. The summed E-state index contributed by atoms with van der Waals surface area (Å²) in [6, 6.07) is 11.6. The smallest absolute Gasteiger partial charge is 0.260 e. The van der Waals surface area contributed by atoms with Crippen LogP contribution in [0.3, 0.4) is 0 Å². The minimum atomic E-state index is -0.165. The molecule has 5 aliphatic rings. The summed E-state index contributed by atoms with van der Waals surface area (Å²) in [5.74, 6) is 1.41. The van der Waals surface area contributed by atoms with Gasteiger partial charge in [0, 0.05) is 50.8 Å². The number of ketones is 2. The zero-order valence-corrected chi connectivity index (χ0v) is 34.9. The maximum Gasteiger partial charge on any atom is 0.260 e. The zero-order valence-electron chi connectivity index (χ0n) is 34.9. The molecule has 0 saturated carbocycles. The van der Waals surface area contributed by atoms with Crippen molar-refractivity contribution in [3.05, 3.63) is 95.7 Å². The number of nitrogens with zero attached hydrogens (tertiary/aromatic N) is 8. The van der Waals surface area contributed by atoms with Crippen LogP contribution in [0.25, 0.3) is 11.0 Å². The van der Waals surface area contributed by atoms with Gasteiger partial charge in [-0.25, -0.2) is 19.0 Å². The van der Waals surface area contributed by atoms with Gasteiger partial charge in [0.05, 0.1) is 22.4 Å². The second kappa shape index (κ2) is 20.1. The highest BCUT2D eigenvalue weighted by Crippen LogP contribution is 2.35. The number of pyridine rings is 2. The third-order valence-electron chi connectivity index (χ3n) is 11.3. The van der Waals surface area contributed by atoms with Crippen LogP contribution in [-0.4, -0.2) is 129 Å². The van der Waals surface area contributed by atoms with Crippen LogP contribution in [0.2, 0.25) is 0 Å². The maximum atomic E-state index is 12.6. The lowest BCUT2D eigenvalue weighted by molar-refractivity contribution is -0.111. The Hall–Kier alpha value is -5.90. The van der Waals surface area contributed by atoms with Crippen molar-refractivity contribution in [2.45, 2.75) is 58.3 Å². The Balaban J connectivity index is 0.000000168. The number of fused-ring (bicyclic) bond motifs is 3. The fourth-order valence-electron chi connectivity index (χ4n) is 8.01. The van der Waals surface area contributed by atoms with Crippen LogP contribution in [0.4, 0.5) is 11.4 Å². The number of hydrogen-bond acceptors (Lipinski definition) is 13. The average molecular weight is 830 g/mol. The van der Waals surface area contributed by atoms with E-state index >= 15 is 0 Å². The first kappa shape index (κ1) is 41.8. The highest BCUT2D eigenvalue weighted by atomic mass is 16.5. The number of aromatic nitrogens is 4. The molecule has 0 atom stereocenters. The van der Waals surface area contributed by atoms with Crippen molar-refractivity contribution in [3.8, 4) is 11.8 Å². The number of carbonyl (C=O) groups excluding carboxylic acids is 2. The summed E-state index contributed by atoms with van der Waals surface area (Å²) < 4.78 is 21.3. The number of likely N-dealkylation sites (tertiary alicyclic amines) is 2. The van der Waals surface area contributed by atoms with E-state index in [1.165, 1.54) is 44.6 Å². The molecule has 7 heterocycles. The number of hydrogen-bond donors (Lipinski definition) is 2. The van der Waals surface area contributed by atoms with Gasteiger partial charge in [0.2, 0.25) is 5.78 Å². The van der Waals surface area contributed by atoms with Crippen molar-refractivity contribution in [2.75, 3.05) is 72.2 Å². The normalized spacial score (nSPS) is 20.0. The number of piperidine rings is 2. The minimum Gasteiger partial charge on any atom is -0.490 e. The van der Waals surface area contributed by atoms with Gasteiger partial charge in [0.1, 0.15) is 31.3 Å².